The molecule has 0 aliphatic heterocycles. The molecule has 1 aromatic carbocycles. The van der Waals surface area contributed by atoms with Gasteiger partial charge in [0.05, 0.1) is 12.1 Å². The molecule has 4 nitrogen and oxygen atoms in total. The summed E-state index contributed by atoms with van der Waals surface area (Å²) in [6, 6.07) is 6.17. The molecule has 4 heteroatoms. The molecule has 1 heterocycles. The molecule has 0 unspecified atom stereocenters. The van der Waals surface area contributed by atoms with Crippen molar-refractivity contribution in [3.8, 4) is 0 Å². The molecule has 1 aliphatic carbocycles. The highest BCUT2D eigenvalue weighted by molar-refractivity contribution is 5.91. The Kier molecular flexibility index (Phi) is 3.78. The normalized spacial score (nSPS) is 13.8. The lowest BCUT2D eigenvalue weighted by atomic mass is 9.97. The van der Waals surface area contributed by atoms with Gasteiger partial charge in [-0.15, -0.1) is 0 Å². The molecule has 1 aliphatic rings. The molecule has 21 heavy (non-hydrogen) atoms. The molecule has 0 spiro atoms. The second kappa shape index (κ2) is 5.72. The number of aryl methyl sites for hydroxylation is 3. The molecular weight excluding hydrogens is 264 g/mol. The summed E-state index contributed by atoms with van der Waals surface area (Å²) in [5, 5.41) is 6.94. The van der Waals surface area contributed by atoms with Crippen LogP contribution < -0.4 is 5.32 Å². The molecule has 1 N–H and O–H groups in total. The first-order valence-electron chi connectivity index (χ1n) is 7.47. The van der Waals surface area contributed by atoms with Gasteiger partial charge < -0.3 is 4.52 Å². The second-order valence-corrected chi connectivity index (χ2v) is 5.80. The van der Waals surface area contributed by atoms with E-state index in [0.717, 1.165) is 48.1 Å². The van der Waals surface area contributed by atoms with Gasteiger partial charge in [0.25, 0.3) is 0 Å². The molecule has 0 atom stereocenters. The molecule has 1 amide bonds. The van der Waals surface area contributed by atoms with Crippen LogP contribution in [-0.2, 0) is 24.1 Å². The number of amides is 1. The van der Waals surface area contributed by atoms with E-state index in [1.54, 1.807) is 0 Å². The summed E-state index contributed by atoms with van der Waals surface area (Å²) in [6.07, 6.45) is 4.54. The van der Waals surface area contributed by atoms with Crippen LogP contribution >= 0.6 is 0 Å². The Hall–Kier alpha value is -2.10. The number of fused-ring (bicyclic) bond motifs is 1. The number of rotatable bonds is 3. The lowest BCUT2D eigenvalue weighted by Crippen LogP contribution is -2.16. The van der Waals surface area contributed by atoms with E-state index in [0.29, 0.717) is 12.3 Å². The minimum Gasteiger partial charge on any atom is -0.338 e. The van der Waals surface area contributed by atoms with E-state index in [1.165, 1.54) is 5.56 Å². The highest BCUT2D eigenvalue weighted by Crippen LogP contribution is 2.27. The van der Waals surface area contributed by atoms with Crippen molar-refractivity contribution in [2.24, 2.45) is 0 Å². The van der Waals surface area contributed by atoms with Gasteiger partial charge in [0.2, 0.25) is 11.8 Å². The van der Waals surface area contributed by atoms with Gasteiger partial charge in [0.1, 0.15) is 0 Å². The summed E-state index contributed by atoms with van der Waals surface area (Å²) in [5.41, 5.74) is 5.44. The standard InChI is InChI=1S/C17H20N2O2/c1-11-7-8-12(2)13(9-11)10-16(20)18-17-14-5-3-4-6-15(14)19-21-17/h7-9H,3-6,10H2,1-2H3,(H,18,20). The van der Waals surface area contributed by atoms with Crippen molar-refractivity contribution in [3.63, 3.8) is 0 Å². The number of aromatic nitrogens is 1. The van der Waals surface area contributed by atoms with Gasteiger partial charge in [0, 0.05) is 5.56 Å². The van der Waals surface area contributed by atoms with Crippen LogP contribution in [0.3, 0.4) is 0 Å². The fourth-order valence-electron chi connectivity index (χ4n) is 2.82. The maximum Gasteiger partial charge on any atom is 0.234 e. The molecule has 0 fully saturated rings. The van der Waals surface area contributed by atoms with Gasteiger partial charge in [-0.05, 0) is 50.7 Å². The van der Waals surface area contributed by atoms with E-state index in [4.69, 9.17) is 4.52 Å². The first-order valence-corrected chi connectivity index (χ1v) is 7.47. The highest BCUT2D eigenvalue weighted by Gasteiger charge is 2.20. The molecule has 110 valence electrons. The Labute approximate surface area is 124 Å². The summed E-state index contributed by atoms with van der Waals surface area (Å²) in [5.74, 6) is 0.494. The SMILES string of the molecule is Cc1ccc(C)c(CC(=O)Nc2onc3c2CCCC3)c1. The largest absolute Gasteiger partial charge is 0.338 e. The third-order valence-electron chi connectivity index (χ3n) is 4.07. The fourth-order valence-corrected chi connectivity index (χ4v) is 2.82. The van der Waals surface area contributed by atoms with Gasteiger partial charge in [-0.25, -0.2) is 0 Å². The first kappa shape index (κ1) is 13.9. The van der Waals surface area contributed by atoms with Crippen molar-refractivity contribution in [1.82, 2.24) is 5.16 Å². The zero-order valence-corrected chi connectivity index (χ0v) is 12.5. The lowest BCUT2D eigenvalue weighted by Gasteiger charge is -2.10. The van der Waals surface area contributed by atoms with E-state index in [-0.39, 0.29) is 5.91 Å². The van der Waals surface area contributed by atoms with Crippen molar-refractivity contribution in [3.05, 3.63) is 46.1 Å². The quantitative estimate of drug-likeness (QED) is 0.940. The molecule has 0 bridgehead atoms. The molecule has 2 aromatic rings. The average Bonchev–Trinajstić information content (AvgIpc) is 2.86. The van der Waals surface area contributed by atoms with Gasteiger partial charge in [0.15, 0.2) is 0 Å². The van der Waals surface area contributed by atoms with E-state index < -0.39 is 0 Å². The van der Waals surface area contributed by atoms with Crippen LogP contribution in [0.1, 0.15) is 40.8 Å². The average molecular weight is 284 g/mol. The Morgan fingerprint density at radius 2 is 2.10 bits per heavy atom. The summed E-state index contributed by atoms with van der Waals surface area (Å²) in [6.45, 7) is 4.06. The second-order valence-electron chi connectivity index (χ2n) is 5.80. The van der Waals surface area contributed by atoms with Crippen LogP contribution in [0, 0.1) is 13.8 Å². The van der Waals surface area contributed by atoms with Crippen LogP contribution in [0.25, 0.3) is 0 Å². The minimum absolute atomic E-state index is 0.0479. The Bertz CT molecular complexity index is 673. The van der Waals surface area contributed by atoms with Gasteiger partial charge >= 0.3 is 0 Å². The molecule has 0 saturated heterocycles. The minimum atomic E-state index is -0.0479. The zero-order chi connectivity index (χ0) is 14.8. The molecule has 0 saturated carbocycles. The van der Waals surface area contributed by atoms with Gasteiger partial charge in [-0.2, -0.15) is 0 Å². The number of nitrogens with one attached hydrogen (secondary N) is 1. The topological polar surface area (TPSA) is 55.1 Å². The summed E-state index contributed by atoms with van der Waals surface area (Å²) < 4.78 is 5.30. The predicted octanol–water partition coefficient (Wildman–Crippen LogP) is 3.35. The molecule has 3 rings (SSSR count). The molecular formula is C17H20N2O2. The van der Waals surface area contributed by atoms with Crippen molar-refractivity contribution >= 4 is 11.8 Å². The zero-order valence-electron chi connectivity index (χ0n) is 12.5. The van der Waals surface area contributed by atoms with Crippen LogP contribution in [0.5, 0.6) is 0 Å². The number of benzene rings is 1. The van der Waals surface area contributed by atoms with Crippen LogP contribution in [0.15, 0.2) is 22.7 Å². The maximum atomic E-state index is 12.2. The number of carbonyl (C=O) groups is 1. The van der Waals surface area contributed by atoms with Crippen LogP contribution in [0.2, 0.25) is 0 Å². The lowest BCUT2D eigenvalue weighted by molar-refractivity contribution is -0.115. The van der Waals surface area contributed by atoms with E-state index in [1.807, 2.05) is 19.9 Å². The maximum absolute atomic E-state index is 12.2. The van der Waals surface area contributed by atoms with Crippen molar-refractivity contribution < 1.29 is 9.32 Å². The number of carbonyl (C=O) groups excluding carboxylic acids is 1. The van der Waals surface area contributed by atoms with E-state index in [2.05, 4.69) is 22.6 Å². The smallest absolute Gasteiger partial charge is 0.234 e. The third kappa shape index (κ3) is 2.99. The van der Waals surface area contributed by atoms with Crippen LogP contribution in [0.4, 0.5) is 5.88 Å². The number of hydrogen-bond donors (Lipinski definition) is 1. The number of anilines is 1. The van der Waals surface area contributed by atoms with Crippen molar-refractivity contribution in [2.75, 3.05) is 5.32 Å². The summed E-state index contributed by atoms with van der Waals surface area (Å²) in [7, 11) is 0. The monoisotopic (exact) mass is 284 g/mol. The van der Waals surface area contributed by atoms with Crippen molar-refractivity contribution in [2.45, 2.75) is 46.0 Å². The Morgan fingerprint density at radius 3 is 2.95 bits per heavy atom. The van der Waals surface area contributed by atoms with E-state index in [9.17, 15) is 4.79 Å². The fraction of sp³-hybridized carbons (Fsp3) is 0.412. The van der Waals surface area contributed by atoms with E-state index >= 15 is 0 Å². The first-order chi connectivity index (χ1) is 10.1. The number of hydrogen-bond acceptors (Lipinski definition) is 3. The Morgan fingerprint density at radius 1 is 1.29 bits per heavy atom. The van der Waals surface area contributed by atoms with Crippen molar-refractivity contribution in [1.29, 1.82) is 0 Å². The molecule has 1 aromatic heterocycles. The molecule has 0 radical (unpaired) electrons. The predicted molar refractivity (Wildman–Crippen MR) is 81.4 cm³/mol. The third-order valence-corrected chi connectivity index (χ3v) is 4.07. The summed E-state index contributed by atoms with van der Waals surface area (Å²) >= 11 is 0. The van der Waals surface area contributed by atoms with Crippen LogP contribution in [-0.4, -0.2) is 11.1 Å². The highest BCUT2D eigenvalue weighted by atomic mass is 16.5. The van der Waals surface area contributed by atoms with Gasteiger partial charge in [-0.3, -0.25) is 10.1 Å². The van der Waals surface area contributed by atoms with Gasteiger partial charge in [-0.1, -0.05) is 28.9 Å². The Balaban J connectivity index is 1.72. The number of nitrogens with zero attached hydrogens (tertiary/aromatic N) is 1. The summed E-state index contributed by atoms with van der Waals surface area (Å²) in [4.78, 5) is 12.2.